The van der Waals surface area contributed by atoms with Gasteiger partial charge >= 0.3 is 5.97 Å². The molecule has 1 aliphatic heterocycles. The molecule has 3 aliphatic carbocycles. The average molecular weight is 326 g/mol. The smallest absolute Gasteiger partial charge is 0.334 e. The number of hydrogen-bond acceptors (Lipinski definition) is 4. The van der Waals surface area contributed by atoms with Gasteiger partial charge in [-0.05, 0) is 49.2 Å². The second-order valence-electron chi connectivity index (χ2n) is 7.89. The fraction of sp³-hybridized carbons (Fsp3) is 0.550. The molecule has 24 heavy (non-hydrogen) atoms. The van der Waals surface area contributed by atoms with Crippen molar-refractivity contribution in [2.45, 2.75) is 46.5 Å². The maximum Gasteiger partial charge on any atom is 0.334 e. The first-order valence-corrected chi connectivity index (χ1v) is 8.78. The summed E-state index contributed by atoms with van der Waals surface area (Å²) in [5, 5.41) is 0. The summed E-state index contributed by atoms with van der Waals surface area (Å²) < 4.78 is 5.23. The Morgan fingerprint density at radius 1 is 1.17 bits per heavy atom. The molecule has 0 spiro atoms. The number of esters is 1. The molecule has 0 bridgehead atoms. The minimum Gasteiger partial charge on any atom is -0.458 e. The molecule has 0 aromatic heterocycles. The van der Waals surface area contributed by atoms with E-state index < -0.39 is 0 Å². The van der Waals surface area contributed by atoms with Crippen molar-refractivity contribution >= 4 is 17.5 Å². The van der Waals surface area contributed by atoms with E-state index >= 15 is 0 Å². The second-order valence-corrected chi connectivity index (χ2v) is 7.89. The van der Waals surface area contributed by atoms with Crippen LogP contribution >= 0.6 is 0 Å². The topological polar surface area (TPSA) is 60.4 Å². The number of ketones is 2. The number of cyclic esters (lactones) is 1. The normalized spacial score (nSPS) is 32.6. The monoisotopic (exact) mass is 326 g/mol. The molecule has 0 amide bonds. The molecule has 0 N–H and O–H groups in total. The number of ether oxygens (including phenoxy) is 1. The molecule has 4 aliphatic rings. The predicted molar refractivity (Wildman–Crippen MR) is 88.0 cm³/mol. The number of carbonyl (C=O) groups excluding carboxylic acids is 3. The predicted octanol–water partition coefficient (Wildman–Crippen LogP) is 3.08. The Hall–Kier alpha value is -1.97. The fourth-order valence-electron chi connectivity index (χ4n) is 5.06. The first-order valence-electron chi connectivity index (χ1n) is 8.78. The highest BCUT2D eigenvalue weighted by Crippen LogP contribution is 2.57. The lowest BCUT2D eigenvalue weighted by Gasteiger charge is -2.47. The van der Waals surface area contributed by atoms with Crippen LogP contribution in [-0.2, 0) is 19.1 Å². The fourth-order valence-corrected chi connectivity index (χ4v) is 5.06. The molecule has 4 heteroatoms. The van der Waals surface area contributed by atoms with Gasteiger partial charge in [0.2, 0.25) is 0 Å². The van der Waals surface area contributed by atoms with Gasteiger partial charge in [-0.2, -0.15) is 0 Å². The first kappa shape index (κ1) is 15.6. The lowest BCUT2D eigenvalue weighted by atomic mass is 9.54. The molecule has 0 fully saturated rings. The standard InChI is InChI=1S/C20H22O4/c1-10(2)13-8-16(21)17-12(18(13)22)4-5-15-14-9-24-19(23)11(14)6-7-20(15,17)3/h8,10,15H,4-7,9H2,1-3H3. The maximum absolute atomic E-state index is 12.9. The van der Waals surface area contributed by atoms with Gasteiger partial charge in [-0.3, -0.25) is 9.59 Å². The second kappa shape index (κ2) is 5.01. The van der Waals surface area contributed by atoms with Crippen molar-refractivity contribution in [1.29, 1.82) is 0 Å². The van der Waals surface area contributed by atoms with E-state index in [0.717, 1.165) is 29.6 Å². The summed E-state index contributed by atoms with van der Waals surface area (Å²) in [5.41, 5.74) is 3.59. The van der Waals surface area contributed by atoms with Gasteiger partial charge < -0.3 is 4.74 Å². The van der Waals surface area contributed by atoms with Crippen LogP contribution in [0.3, 0.4) is 0 Å². The summed E-state index contributed by atoms with van der Waals surface area (Å²) in [6.45, 7) is 6.36. The molecule has 2 atom stereocenters. The summed E-state index contributed by atoms with van der Waals surface area (Å²) >= 11 is 0. The quantitative estimate of drug-likeness (QED) is 0.549. The number of hydrogen-bond donors (Lipinski definition) is 0. The molecule has 0 aromatic carbocycles. The average Bonchev–Trinajstić information content (AvgIpc) is 2.90. The molecule has 0 radical (unpaired) electrons. The third-order valence-electron chi connectivity index (χ3n) is 6.32. The van der Waals surface area contributed by atoms with Gasteiger partial charge in [-0.1, -0.05) is 20.8 Å². The largest absolute Gasteiger partial charge is 0.458 e. The van der Waals surface area contributed by atoms with Crippen molar-refractivity contribution in [2.75, 3.05) is 6.61 Å². The van der Waals surface area contributed by atoms with Gasteiger partial charge in [-0.25, -0.2) is 4.79 Å². The van der Waals surface area contributed by atoms with Crippen LogP contribution in [0.2, 0.25) is 0 Å². The van der Waals surface area contributed by atoms with Crippen LogP contribution in [0.5, 0.6) is 0 Å². The Morgan fingerprint density at radius 3 is 2.62 bits per heavy atom. The van der Waals surface area contributed by atoms with E-state index in [0.29, 0.717) is 30.6 Å². The Kier molecular flexibility index (Phi) is 3.25. The molecule has 126 valence electrons. The molecule has 1 heterocycles. The molecule has 4 nitrogen and oxygen atoms in total. The summed E-state index contributed by atoms with van der Waals surface area (Å²) in [7, 11) is 0. The van der Waals surface area contributed by atoms with Crippen LogP contribution in [0, 0.1) is 17.3 Å². The van der Waals surface area contributed by atoms with Gasteiger partial charge in [0.05, 0.1) is 0 Å². The van der Waals surface area contributed by atoms with Crippen molar-refractivity contribution in [3.05, 3.63) is 33.9 Å². The summed E-state index contributed by atoms with van der Waals surface area (Å²) in [4.78, 5) is 37.7. The Balaban J connectivity index is 1.81. The molecule has 0 aromatic rings. The van der Waals surface area contributed by atoms with E-state index in [1.807, 2.05) is 13.8 Å². The lowest BCUT2D eigenvalue weighted by molar-refractivity contribution is -0.136. The van der Waals surface area contributed by atoms with Gasteiger partial charge in [0, 0.05) is 27.7 Å². The van der Waals surface area contributed by atoms with Crippen LogP contribution < -0.4 is 0 Å². The summed E-state index contributed by atoms with van der Waals surface area (Å²) in [5.74, 6) is 0.0483. The van der Waals surface area contributed by atoms with E-state index in [1.54, 1.807) is 6.08 Å². The zero-order valence-corrected chi connectivity index (χ0v) is 14.4. The van der Waals surface area contributed by atoms with Crippen molar-refractivity contribution in [3.63, 3.8) is 0 Å². The number of rotatable bonds is 1. The van der Waals surface area contributed by atoms with E-state index in [1.165, 1.54) is 0 Å². The molecule has 0 saturated heterocycles. The molecule has 0 saturated carbocycles. The van der Waals surface area contributed by atoms with E-state index in [9.17, 15) is 14.4 Å². The van der Waals surface area contributed by atoms with Gasteiger partial charge in [-0.15, -0.1) is 0 Å². The van der Waals surface area contributed by atoms with Crippen LogP contribution in [0.4, 0.5) is 0 Å². The van der Waals surface area contributed by atoms with Gasteiger partial charge in [0.25, 0.3) is 0 Å². The SMILES string of the molecule is CC(C)C1=CC(=O)C2=C(CCC3C4=C(CCC23C)C(=O)OC4)C1=O. The third kappa shape index (κ3) is 1.89. The van der Waals surface area contributed by atoms with Gasteiger partial charge in [0.15, 0.2) is 11.6 Å². The maximum atomic E-state index is 12.9. The van der Waals surface area contributed by atoms with Crippen molar-refractivity contribution < 1.29 is 19.1 Å². The molecular weight excluding hydrogens is 304 g/mol. The van der Waals surface area contributed by atoms with Crippen molar-refractivity contribution in [1.82, 2.24) is 0 Å². The number of fused-ring (bicyclic) bond motifs is 3. The van der Waals surface area contributed by atoms with E-state index in [-0.39, 0.29) is 34.8 Å². The van der Waals surface area contributed by atoms with Crippen LogP contribution in [-0.4, -0.2) is 24.1 Å². The van der Waals surface area contributed by atoms with Crippen LogP contribution in [0.25, 0.3) is 0 Å². The molecular formula is C20H22O4. The highest BCUT2D eigenvalue weighted by Gasteiger charge is 2.52. The zero-order valence-electron chi connectivity index (χ0n) is 14.4. The zero-order chi connectivity index (χ0) is 17.2. The van der Waals surface area contributed by atoms with E-state index in [4.69, 9.17) is 4.74 Å². The Morgan fingerprint density at radius 2 is 1.92 bits per heavy atom. The third-order valence-corrected chi connectivity index (χ3v) is 6.32. The number of allylic oxidation sites excluding steroid dienone is 4. The van der Waals surface area contributed by atoms with Crippen molar-refractivity contribution in [3.8, 4) is 0 Å². The lowest BCUT2D eigenvalue weighted by Crippen LogP contribution is -2.43. The molecule has 2 unspecified atom stereocenters. The highest BCUT2D eigenvalue weighted by atomic mass is 16.5. The Labute approximate surface area is 141 Å². The Bertz CT molecular complexity index is 777. The minimum atomic E-state index is -0.355. The summed E-state index contributed by atoms with van der Waals surface area (Å²) in [6, 6.07) is 0. The number of carbonyl (C=O) groups is 3. The van der Waals surface area contributed by atoms with E-state index in [2.05, 4.69) is 6.92 Å². The van der Waals surface area contributed by atoms with Crippen molar-refractivity contribution in [2.24, 2.45) is 17.3 Å². The van der Waals surface area contributed by atoms with Crippen LogP contribution in [0.15, 0.2) is 33.9 Å². The molecule has 4 rings (SSSR count). The highest BCUT2D eigenvalue weighted by molar-refractivity contribution is 6.23. The summed E-state index contributed by atoms with van der Waals surface area (Å²) in [6.07, 6.45) is 4.36. The first-order chi connectivity index (χ1) is 11.3. The minimum absolute atomic E-state index is 0.00482. The van der Waals surface area contributed by atoms with Crippen LogP contribution in [0.1, 0.15) is 46.5 Å². The van der Waals surface area contributed by atoms with Gasteiger partial charge in [0.1, 0.15) is 6.61 Å². The number of Topliss-reactive ketones (excluding diaryl/α,β-unsaturated/α-hetero) is 1.